The summed E-state index contributed by atoms with van der Waals surface area (Å²) >= 11 is 0. The highest BCUT2D eigenvalue weighted by Gasteiger charge is 2.16. The van der Waals surface area contributed by atoms with Crippen LogP contribution in [-0.2, 0) is 10.0 Å². The molecule has 3 rings (SSSR count). The molecule has 0 spiro atoms. The SMILES string of the molecule is Cc1cc(C)c2[nH]c(O)c(N=NS(=O)(=O)c3ccccc3)c2c1. The van der Waals surface area contributed by atoms with Crippen LogP contribution in [0.4, 0.5) is 5.69 Å². The monoisotopic (exact) mass is 329 g/mol. The second-order valence-corrected chi connectivity index (χ2v) is 6.88. The van der Waals surface area contributed by atoms with Gasteiger partial charge in [0.1, 0.15) is 0 Å². The fourth-order valence-electron chi connectivity index (χ4n) is 2.46. The van der Waals surface area contributed by atoms with Crippen LogP contribution in [-0.4, -0.2) is 18.5 Å². The molecule has 7 heteroatoms. The van der Waals surface area contributed by atoms with Gasteiger partial charge >= 0.3 is 0 Å². The molecule has 1 heterocycles. The number of nitrogens with one attached hydrogen (secondary N) is 1. The van der Waals surface area contributed by atoms with E-state index in [1.165, 1.54) is 12.1 Å². The molecule has 0 fully saturated rings. The van der Waals surface area contributed by atoms with Crippen molar-refractivity contribution >= 4 is 26.6 Å². The lowest BCUT2D eigenvalue weighted by molar-refractivity contribution is 0.459. The van der Waals surface area contributed by atoms with Crippen molar-refractivity contribution in [2.24, 2.45) is 9.63 Å². The molecule has 0 saturated heterocycles. The number of fused-ring (bicyclic) bond motifs is 1. The number of H-pyrrole nitrogens is 1. The van der Waals surface area contributed by atoms with Gasteiger partial charge in [-0.05, 0) is 37.6 Å². The van der Waals surface area contributed by atoms with Gasteiger partial charge in [0.25, 0.3) is 10.0 Å². The first-order chi connectivity index (χ1) is 10.9. The number of aromatic amines is 1. The molecule has 2 N–H and O–H groups in total. The molecule has 2 aromatic carbocycles. The van der Waals surface area contributed by atoms with Crippen molar-refractivity contribution in [3.8, 4) is 5.88 Å². The van der Waals surface area contributed by atoms with Crippen molar-refractivity contribution in [2.75, 3.05) is 0 Å². The van der Waals surface area contributed by atoms with Crippen LogP contribution in [0.25, 0.3) is 10.9 Å². The van der Waals surface area contributed by atoms with Gasteiger partial charge in [-0.25, -0.2) is 0 Å². The summed E-state index contributed by atoms with van der Waals surface area (Å²) in [5, 5.41) is 14.4. The highest BCUT2D eigenvalue weighted by atomic mass is 32.2. The van der Waals surface area contributed by atoms with E-state index in [-0.39, 0.29) is 16.5 Å². The van der Waals surface area contributed by atoms with E-state index in [2.05, 4.69) is 14.6 Å². The average Bonchev–Trinajstić information content (AvgIpc) is 2.82. The third-order valence-electron chi connectivity index (χ3n) is 3.49. The Morgan fingerprint density at radius 3 is 2.48 bits per heavy atom. The molecule has 0 amide bonds. The molecule has 3 aromatic rings. The topological polar surface area (TPSA) is 94.9 Å². The minimum Gasteiger partial charge on any atom is -0.493 e. The minimum atomic E-state index is -3.91. The Labute approximate surface area is 133 Å². The van der Waals surface area contributed by atoms with E-state index >= 15 is 0 Å². The average molecular weight is 329 g/mol. The van der Waals surface area contributed by atoms with Gasteiger partial charge in [-0.2, -0.15) is 8.42 Å². The molecule has 0 aliphatic carbocycles. The lowest BCUT2D eigenvalue weighted by atomic mass is 10.1. The van der Waals surface area contributed by atoms with Crippen LogP contribution in [0.1, 0.15) is 11.1 Å². The maximum Gasteiger partial charge on any atom is 0.299 e. The van der Waals surface area contributed by atoms with Crippen molar-refractivity contribution in [1.29, 1.82) is 0 Å². The van der Waals surface area contributed by atoms with Crippen LogP contribution in [0.2, 0.25) is 0 Å². The minimum absolute atomic E-state index is 0.0513. The second kappa shape index (κ2) is 5.51. The summed E-state index contributed by atoms with van der Waals surface area (Å²) in [4.78, 5) is 2.86. The number of hydrogen-bond donors (Lipinski definition) is 2. The Morgan fingerprint density at radius 1 is 1.09 bits per heavy atom. The third kappa shape index (κ3) is 2.83. The van der Waals surface area contributed by atoms with Gasteiger partial charge in [0.05, 0.1) is 10.4 Å². The Hall–Kier alpha value is -2.67. The largest absolute Gasteiger partial charge is 0.493 e. The van der Waals surface area contributed by atoms with E-state index in [4.69, 9.17) is 0 Å². The Kier molecular flexibility index (Phi) is 3.65. The lowest BCUT2D eigenvalue weighted by Crippen LogP contribution is -1.94. The number of benzene rings is 2. The van der Waals surface area contributed by atoms with E-state index in [0.29, 0.717) is 10.9 Å². The molecular weight excluding hydrogens is 314 g/mol. The molecular formula is C16H15N3O3S. The number of aryl methyl sites for hydroxylation is 2. The maximum absolute atomic E-state index is 12.2. The van der Waals surface area contributed by atoms with Gasteiger partial charge in [-0.1, -0.05) is 34.3 Å². The molecule has 118 valence electrons. The summed E-state index contributed by atoms with van der Waals surface area (Å²) in [6, 6.07) is 11.6. The fraction of sp³-hybridized carbons (Fsp3) is 0.125. The van der Waals surface area contributed by atoms with Crippen molar-refractivity contribution in [3.63, 3.8) is 0 Å². The van der Waals surface area contributed by atoms with Gasteiger partial charge < -0.3 is 10.1 Å². The smallest absolute Gasteiger partial charge is 0.299 e. The normalized spacial score (nSPS) is 12.3. The van der Waals surface area contributed by atoms with Crippen molar-refractivity contribution in [2.45, 2.75) is 18.7 Å². The summed E-state index contributed by atoms with van der Waals surface area (Å²) in [5.74, 6) is -0.208. The van der Waals surface area contributed by atoms with E-state index < -0.39 is 10.0 Å². The first kappa shape index (κ1) is 15.2. The van der Waals surface area contributed by atoms with Crippen LogP contribution >= 0.6 is 0 Å². The number of hydrogen-bond acceptors (Lipinski definition) is 4. The first-order valence-electron chi connectivity index (χ1n) is 6.93. The quantitative estimate of drug-likeness (QED) is 0.712. The fourth-order valence-corrected chi connectivity index (χ4v) is 3.25. The molecule has 0 saturated carbocycles. The summed E-state index contributed by atoms with van der Waals surface area (Å²) in [6.07, 6.45) is 0. The highest BCUT2D eigenvalue weighted by molar-refractivity contribution is 7.90. The summed E-state index contributed by atoms with van der Waals surface area (Å²) in [5.41, 5.74) is 2.74. The second-order valence-electron chi connectivity index (χ2n) is 5.30. The molecule has 0 atom stereocenters. The van der Waals surface area contributed by atoms with Crippen LogP contribution in [0.5, 0.6) is 5.88 Å². The van der Waals surface area contributed by atoms with E-state index in [1.54, 1.807) is 18.2 Å². The number of sulfonamides is 1. The predicted octanol–water partition coefficient (Wildman–Crippen LogP) is 3.96. The van der Waals surface area contributed by atoms with Crippen molar-refractivity contribution in [3.05, 3.63) is 53.6 Å². The van der Waals surface area contributed by atoms with Gasteiger partial charge in [0.2, 0.25) is 5.88 Å². The van der Waals surface area contributed by atoms with Gasteiger partial charge in [0.15, 0.2) is 5.69 Å². The lowest BCUT2D eigenvalue weighted by Gasteiger charge is -1.99. The number of aromatic hydroxyl groups is 1. The standard InChI is InChI=1S/C16H15N3O3S/c1-10-8-11(2)14-13(9-10)15(16(20)17-14)18-19-23(21,22)12-6-4-3-5-7-12/h3-9,17,20H,1-2H3. The van der Waals surface area contributed by atoms with Gasteiger partial charge in [-0.15, -0.1) is 5.11 Å². The van der Waals surface area contributed by atoms with Crippen LogP contribution in [0.15, 0.2) is 57.0 Å². The zero-order valence-corrected chi connectivity index (χ0v) is 13.4. The summed E-state index contributed by atoms with van der Waals surface area (Å²) < 4.78 is 27.8. The Morgan fingerprint density at radius 2 is 1.78 bits per heavy atom. The van der Waals surface area contributed by atoms with Gasteiger partial charge in [-0.3, -0.25) is 0 Å². The Balaban J connectivity index is 2.10. The Bertz CT molecular complexity index is 1010. The molecule has 0 bridgehead atoms. The van der Waals surface area contributed by atoms with E-state index in [0.717, 1.165) is 11.1 Å². The first-order valence-corrected chi connectivity index (χ1v) is 8.37. The molecule has 1 aromatic heterocycles. The number of nitrogens with zero attached hydrogens (tertiary/aromatic N) is 2. The van der Waals surface area contributed by atoms with Crippen LogP contribution in [0.3, 0.4) is 0 Å². The zero-order chi connectivity index (χ0) is 16.6. The summed E-state index contributed by atoms with van der Waals surface area (Å²) in [7, 11) is -3.91. The number of aromatic nitrogens is 1. The molecule has 6 nitrogen and oxygen atoms in total. The molecule has 0 unspecified atom stereocenters. The maximum atomic E-state index is 12.2. The molecule has 0 aliphatic rings. The van der Waals surface area contributed by atoms with Gasteiger partial charge in [0, 0.05) is 5.39 Å². The predicted molar refractivity (Wildman–Crippen MR) is 87.6 cm³/mol. The highest BCUT2D eigenvalue weighted by Crippen LogP contribution is 2.37. The van der Waals surface area contributed by atoms with Crippen molar-refractivity contribution in [1.82, 2.24) is 4.98 Å². The molecule has 23 heavy (non-hydrogen) atoms. The number of rotatable bonds is 3. The third-order valence-corrected chi connectivity index (χ3v) is 4.66. The molecule has 0 radical (unpaired) electrons. The zero-order valence-electron chi connectivity index (χ0n) is 12.6. The van der Waals surface area contributed by atoms with Crippen molar-refractivity contribution < 1.29 is 13.5 Å². The summed E-state index contributed by atoms with van der Waals surface area (Å²) in [6.45, 7) is 3.81. The van der Waals surface area contributed by atoms with E-state index in [1.807, 2.05) is 26.0 Å². The van der Waals surface area contributed by atoms with E-state index in [9.17, 15) is 13.5 Å². The molecule has 0 aliphatic heterocycles. The van der Waals surface area contributed by atoms with Crippen LogP contribution in [0, 0.1) is 13.8 Å². The van der Waals surface area contributed by atoms with Crippen LogP contribution < -0.4 is 0 Å².